The van der Waals surface area contributed by atoms with Gasteiger partial charge in [0.2, 0.25) is 5.95 Å². The molecule has 0 saturated carbocycles. The summed E-state index contributed by atoms with van der Waals surface area (Å²) < 4.78 is 15.3. The number of halogens is 1. The maximum atomic E-state index is 13.3. The largest absolute Gasteiger partial charge is 0.376 e. The third kappa shape index (κ3) is 5.00. The molecule has 0 atom stereocenters. The van der Waals surface area contributed by atoms with Gasteiger partial charge in [-0.15, -0.1) is 0 Å². The zero-order valence-electron chi connectivity index (χ0n) is 16.6. The number of likely N-dealkylation sites (tertiary alicyclic amines) is 1. The zero-order chi connectivity index (χ0) is 20.9. The van der Waals surface area contributed by atoms with Gasteiger partial charge in [-0.2, -0.15) is 0 Å². The second-order valence-electron chi connectivity index (χ2n) is 7.43. The Labute approximate surface area is 179 Å². The first kappa shape index (κ1) is 20.4. The van der Waals surface area contributed by atoms with Crippen molar-refractivity contribution < 1.29 is 4.39 Å². The van der Waals surface area contributed by atoms with Crippen LogP contribution in [0.2, 0.25) is 0 Å². The van der Waals surface area contributed by atoms with Crippen LogP contribution >= 0.6 is 12.2 Å². The number of imidazole rings is 1. The number of nitrogens with zero attached hydrogens (tertiary/aromatic N) is 5. The highest BCUT2D eigenvalue weighted by Gasteiger charge is 2.21. The van der Waals surface area contributed by atoms with E-state index in [4.69, 9.17) is 22.9 Å². The Morgan fingerprint density at radius 3 is 2.73 bits per heavy atom. The molecular formula is C20H25FN8S. The van der Waals surface area contributed by atoms with Crippen LogP contribution in [0.1, 0.15) is 18.4 Å². The standard InChI is InChI=1S/C20H25FN8S/c21-15-3-1-14(2-4-15)12-29-18-17(11-23-13-25-18)27-20(29)26-16-5-8-28(9-6-16)10-7-24-19(22)30/h1-4,11,13,16H,5-10,12H2,(H,26,27)(H3,22,24,30). The molecule has 158 valence electrons. The lowest BCUT2D eigenvalue weighted by molar-refractivity contribution is 0.222. The molecule has 1 aliphatic rings. The van der Waals surface area contributed by atoms with Crippen LogP contribution in [-0.4, -0.2) is 61.8 Å². The Hall–Kier alpha value is -2.85. The molecule has 1 aromatic carbocycles. The number of anilines is 1. The van der Waals surface area contributed by atoms with Gasteiger partial charge in [-0.05, 0) is 42.8 Å². The Bertz CT molecular complexity index is 998. The molecule has 10 heteroatoms. The second kappa shape index (κ2) is 9.31. The van der Waals surface area contributed by atoms with Gasteiger partial charge in [0.15, 0.2) is 10.8 Å². The molecule has 2 aromatic heterocycles. The van der Waals surface area contributed by atoms with E-state index in [1.807, 2.05) is 4.57 Å². The lowest BCUT2D eigenvalue weighted by Crippen LogP contribution is -2.43. The quantitative estimate of drug-likeness (QED) is 0.490. The van der Waals surface area contributed by atoms with Gasteiger partial charge in [-0.1, -0.05) is 12.1 Å². The van der Waals surface area contributed by atoms with Crippen molar-refractivity contribution >= 4 is 34.4 Å². The first-order valence-electron chi connectivity index (χ1n) is 10.0. The number of benzene rings is 1. The molecule has 8 nitrogen and oxygen atoms in total. The molecule has 0 spiro atoms. The van der Waals surface area contributed by atoms with Crippen LogP contribution in [0.25, 0.3) is 11.2 Å². The van der Waals surface area contributed by atoms with Crippen LogP contribution in [0.15, 0.2) is 36.8 Å². The third-order valence-electron chi connectivity index (χ3n) is 5.31. The molecule has 3 aromatic rings. The van der Waals surface area contributed by atoms with Crippen molar-refractivity contribution in [3.05, 3.63) is 48.2 Å². The average Bonchev–Trinajstić information content (AvgIpc) is 3.08. The van der Waals surface area contributed by atoms with Gasteiger partial charge in [0.25, 0.3) is 0 Å². The van der Waals surface area contributed by atoms with E-state index in [2.05, 4.69) is 25.5 Å². The minimum atomic E-state index is -0.245. The lowest BCUT2D eigenvalue weighted by atomic mass is 10.1. The number of aromatic nitrogens is 4. The lowest BCUT2D eigenvalue weighted by Gasteiger charge is -2.32. The third-order valence-corrected chi connectivity index (χ3v) is 5.46. The van der Waals surface area contributed by atoms with Crippen LogP contribution in [0.3, 0.4) is 0 Å². The molecule has 0 amide bonds. The van der Waals surface area contributed by atoms with Crippen molar-refractivity contribution in [2.24, 2.45) is 5.73 Å². The molecule has 1 fully saturated rings. The van der Waals surface area contributed by atoms with E-state index >= 15 is 0 Å². The van der Waals surface area contributed by atoms with Gasteiger partial charge in [0.1, 0.15) is 17.7 Å². The van der Waals surface area contributed by atoms with Gasteiger partial charge in [0.05, 0.1) is 12.7 Å². The Morgan fingerprint density at radius 1 is 1.23 bits per heavy atom. The molecule has 0 aliphatic carbocycles. The minimum absolute atomic E-state index is 0.245. The van der Waals surface area contributed by atoms with E-state index in [9.17, 15) is 4.39 Å². The van der Waals surface area contributed by atoms with Crippen LogP contribution in [0.4, 0.5) is 10.3 Å². The van der Waals surface area contributed by atoms with E-state index < -0.39 is 0 Å². The molecule has 4 N–H and O–H groups in total. The first-order valence-corrected chi connectivity index (χ1v) is 10.4. The van der Waals surface area contributed by atoms with Crippen molar-refractivity contribution in [3.63, 3.8) is 0 Å². The number of hydrogen-bond donors (Lipinski definition) is 3. The van der Waals surface area contributed by atoms with E-state index in [0.29, 0.717) is 17.7 Å². The SMILES string of the molecule is NC(=S)NCCN1CCC(Nc2nc3cncnc3n2Cc2ccc(F)cc2)CC1. The van der Waals surface area contributed by atoms with Gasteiger partial charge < -0.3 is 21.3 Å². The summed E-state index contributed by atoms with van der Waals surface area (Å²) in [5, 5.41) is 6.93. The molecule has 4 rings (SSSR count). The summed E-state index contributed by atoms with van der Waals surface area (Å²) in [5.41, 5.74) is 7.96. The molecular weight excluding hydrogens is 403 g/mol. The van der Waals surface area contributed by atoms with E-state index in [1.165, 1.54) is 18.5 Å². The molecule has 30 heavy (non-hydrogen) atoms. The van der Waals surface area contributed by atoms with E-state index in [1.54, 1.807) is 18.3 Å². The smallest absolute Gasteiger partial charge is 0.205 e. The van der Waals surface area contributed by atoms with Gasteiger partial charge in [-0.25, -0.2) is 19.3 Å². The maximum Gasteiger partial charge on any atom is 0.205 e. The van der Waals surface area contributed by atoms with Crippen LogP contribution in [0, 0.1) is 5.82 Å². The second-order valence-corrected chi connectivity index (χ2v) is 7.87. The predicted octanol–water partition coefficient (Wildman–Crippen LogP) is 1.72. The number of hydrogen-bond acceptors (Lipinski definition) is 6. The summed E-state index contributed by atoms with van der Waals surface area (Å²) in [5.74, 6) is 0.522. The van der Waals surface area contributed by atoms with Gasteiger partial charge in [-0.3, -0.25) is 4.57 Å². The predicted molar refractivity (Wildman–Crippen MR) is 119 cm³/mol. The van der Waals surface area contributed by atoms with Crippen molar-refractivity contribution in [1.82, 2.24) is 29.7 Å². The maximum absolute atomic E-state index is 13.3. The summed E-state index contributed by atoms with van der Waals surface area (Å²) in [4.78, 5) is 15.6. The van der Waals surface area contributed by atoms with E-state index in [-0.39, 0.29) is 5.82 Å². The van der Waals surface area contributed by atoms with Crippen molar-refractivity contribution in [2.75, 3.05) is 31.5 Å². The average molecular weight is 429 g/mol. The highest BCUT2D eigenvalue weighted by Crippen LogP contribution is 2.22. The molecule has 0 radical (unpaired) electrons. The van der Waals surface area contributed by atoms with Crippen molar-refractivity contribution in [1.29, 1.82) is 0 Å². The summed E-state index contributed by atoms with van der Waals surface area (Å²) in [6.45, 7) is 4.23. The number of piperidine rings is 1. The fourth-order valence-electron chi connectivity index (χ4n) is 3.73. The summed E-state index contributed by atoms with van der Waals surface area (Å²) in [7, 11) is 0. The number of rotatable bonds is 7. The van der Waals surface area contributed by atoms with Crippen LogP contribution in [0.5, 0.6) is 0 Å². The Balaban J connectivity index is 1.44. The fourth-order valence-corrected chi connectivity index (χ4v) is 3.83. The normalized spacial score (nSPS) is 15.4. The Morgan fingerprint density at radius 2 is 2.00 bits per heavy atom. The summed E-state index contributed by atoms with van der Waals surface area (Å²) in [6, 6.07) is 6.83. The summed E-state index contributed by atoms with van der Waals surface area (Å²) >= 11 is 4.85. The monoisotopic (exact) mass is 428 g/mol. The van der Waals surface area contributed by atoms with Crippen molar-refractivity contribution in [3.8, 4) is 0 Å². The Kier molecular flexibility index (Phi) is 6.34. The topological polar surface area (TPSA) is 96.9 Å². The number of fused-ring (bicyclic) bond motifs is 1. The zero-order valence-corrected chi connectivity index (χ0v) is 17.4. The fraction of sp³-hybridized carbons (Fsp3) is 0.400. The van der Waals surface area contributed by atoms with E-state index in [0.717, 1.165) is 61.7 Å². The number of thiocarbonyl (C=S) groups is 1. The van der Waals surface area contributed by atoms with Crippen molar-refractivity contribution in [2.45, 2.75) is 25.4 Å². The number of nitrogens with one attached hydrogen (secondary N) is 2. The highest BCUT2D eigenvalue weighted by molar-refractivity contribution is 7.80. The van der Waals surface area contributed by atoms with Gasteiger partial charge >= 0.3 is 0 Å². The van der Waals surface area contributed by atoms with Gasteiger partial charge in [0, 0.05) is 32.2 Å². The first-order chi connectivity index (χ1) is 14.6. The number of nitrogens with two attached hydrogens (primary N) is 1. The molecule has 0 unspecified atom stereocenters. The molecule has 0 bridgehead atoms. The molecule has 3 heterocycles. The van der Waals surface area contributed by atoms with Crippen LogP contribution < -0.4 is 16.4 Å². The summed E-state index contributed by atoms with van der Waals surface area (Å²) in [6.07, 6.45) is 5.26. The van der Waals surface area contributed by atoms with Crippen LogP contribution in [-0.2, 0) is 6.54 Å². The molecule has 1 aliphatic heterocycles. The highest BCUT2D eigenvalue weighted by atomic mass is 32.1. The molecule has 1 saturated heterocycles. The minimum Gasteiger partial charge on any atom is -0.376 e.